The minimum Gasteiger partial charge on any atom is -0.445 e. The Morgan fingerprint density at radius 3 is 2.79 bits per heavy atom. The van der Waals surface area contributed by atoms with Crippen LogP contribution in [0.5, 0.6) is 0 Å². The van der Waals surface area contributed by atoms with Crippen LogP contribution in [0.3, 0.4) is 0 Å². The van der Waals surface area contributed by atoms with Crippen LogP contribution in [-0.4, -0.2) is 39.1 Å². The van der Waals surface area contributed by atoms with Crippen LogP contribution in [0.25, 0.3) is 11.3 Å². The lowest BCUT2D eigenvalue weighted by Gasteiger charge is -2.30. The van der Waals surface area contributed by atoms with Crippen LogP contribution in [-0.2, 0) is 6.42 Å². The second-order valence-corrected chi connectivity index (χ2v) is 8.21. The molecule has 2 aromatic carbocycles. The van der Waals surface area contributed by atoms with Crippen LogP contribution in [0, 0.1) is 11.6 Å². The van der Waals surface area contributed by atoms with Crippen molar-refractivity contribution in [2.24, 2.45) is 0 Å². The van der Waals surface area contributed by atoms with Gasteiger partial charge in [-0.05, 0) is 48.7 Å². The summed E-state index contributed by atoms with van der Waals surface area (Å²) in [7, 11) is 0. The van der Waals surface area contributed by atoms with E-state index in [9.17, 15) is 13.6 Å². The Balaban J connectivity index is 1.26. The molecule has 2 aromatic heterocycles. The number of amides is 1. The molecule has 6 nitrogen and oxygen atoms in total. The van der Waals surface area contributed by atoms with Gasteiger partial charge in [0.15, 0.2) is 5.89 Å². The van der Waals surface area contributed by atoms with E-state index in [0.29, 0.717) is 48.1 Å². The number of carbonyl (C=O) groups excluding carboxylic acids is 1. The van der Waals surface area contributed by atoms with Gasteiger partial charge in [-0.15, -0.1) is 0 Å². The third kappa shape index (κ3) is 4.55. The summed E-state index contributed by atoms with van der Waals surface area (Å²) in [6.07, 6.45) is 3.90. The minimum atomic E-state index is -0.388. The number of aromatic nitrogens is 3. The van der Waals surface area contributed by atoms with E-state index >= 15 is 0 Å². The fraction of sp³-hybridized carbons (Fsp3) is 0.240. The highest BCUT2D eigenvalue weighted by atomic mass is 19.1. The smallest absolute Gasteiger partial charge is 0.271 e. The molecular weight excluding hydrogens is 426 g/mol. The number of carbonyl (C=O) groups is 1. The highest BCUT2D eigenvalue weighted by molar-refractivity contribution is 5.93. The summed E-state index contributed by atoms with van der Waals surface area (Å²) in [5.41, 5.74) is 1.99. The molecule has 3 heterocycles. The largest absolute Gasteiger partial charge is 0.445 e. The summed E-state index contributed by atoms with van der Waals surface area (Å²) in [6, 6.07) is 14.2. The molecule has 0 spiro atoms. The molecule has 1 aliphatic heterocycles. The number of oxazole rings is 1. The van der Waals surface area contributed by atoms with E-state index in [-0.39, 0.29) is 23.5 Å². The first-order valence-corrected chi connectivity index (χ1v) is 10.9. The summed E-state index contributed by atoms with van der Waals surface area (Å²) in [6.45, 7) is 1.09. The summed E-state index contributed by atoms with van der Waals surface area (Å²) in [4.78, 5) is 19.2. The number of benzene rings is 2. The lowest BCUT2D eigenvalue weighted by Crippen LogP contribution is -2.39. The molecule has 0 saturated carbocycles. The van der Waals surface area contributed by atoms with Crippen molar-refractivity contribution in [1.82, 2.24) is 20.1 Å². The average molecular weight is 448 g/mol. The number of nitrogens with one attached hydrogen (secondary N) is 1. The van der Waals surface area contributed by atoms with Crippen LogP contribution in [0.15, 0.2) is 65.2 Å². The number of aromatic amines is 1. The highest BCUT2D eigenvalue weighted by Crippen LogP contribution is 2.29. The Hall–Kier alpha value is -3.81. The van der Waals surface area contributed by atoms with Crippen molar-refractivity contribution in [2.45, 2.75) is 25.2 Å². The van der Waals surface area contributed by atoms with Gasteiger partial charge in [0.25, 0.3) is 5.91 Å². The van der Waals surface area contributed by atoms with Crippen molar-refractivity contribution < 1.29 is 18.0 Å². The minimum absolute atomic E-state index is 0.0152. The van der Waals surface area contributed by atoms with Crippen LogP contribution < -0.4 is 0 Å². The van der Waals surface area contributed by atoms with Crippen molar-refractivity contribution in [1.29, 1.82) is 0 Å². The molecule has 5 rings (SSSR count). The number of nitrogens with zero attached hydrogens (tertiary/aromatic N) is 3. The predicted molar refractivity (Wildman–Crippen MR) is 118 cm³/mol. The van der Waals surface area contributed by atoms with Gasteiger partial charge in [0, 0.05) is 25.1 Å². The number of H-pyrrole nitrogens is 1. The van der Waals surface area contributed by atoms with Gasteiger partial charge >= 0.3 is 0 Å². The average Bonchev–Trinajstić information content (AvgIpc) is 3.51. The van der Waals surface area contributed by atoms with Crippen LogP contribution >= 0.6 is 0 Å². The maximum Gasteiger partial charge on any atom is 0.271 e. The molecule has 168 valence electrons. The Bertz CT molecular complexity index is 1270. The van der Waals surface area contributed by atoms with Gasteiger partial charge in [-0.25, -0.2) is 13.8 Å². The van der Waals surface area contributed by atoms with Crippen molar-refractivity contribution >= 4 is 5.91 Å². The molecule has 4 aromatic rings. The van der Waals surface area contributed by atoms with Crippen LogP contribution in [0.1, 0.15) is 46.5 Å². The van der Waals surface area contributed by atoms with Crippen molar-refractivity contribution in [3.8, 4) is 11.3 Å². The number of likely N-dealkylation sites (tertiary alicyclic amines) is 1. The van der Waals surface area contributed by atoms with Gasteiger partial charge < -0.3 is 9.32 Å². The molecule has 0 radical (unpaired) electrons. The standard InChI is InChI=1S/C25H22F2N4O2/c26-18-9-7-16(8-10-18)12-19-14-28-24(33-19)17-4-3-11-31(15-17)25(32)23-13-22(29-30-23)20-5-1-2-6-21(20)27/h1-2,5-10,13-14,17H,3-4,11-12,15H2,(H,29,30)/t17-/m0/s1. The first-order chi connectivity index (χ1) is 16.1. The summed E-state index contributed by atoms with van der Waals surface area (Å²) in [5, 5.41) is 6.87. The number of hydrogen-bond donors (Lipinski definition) is 1. The maximum atomic E-state index is 14.1. The zero-order valence-electron chi connectivity index (χ0n) is 17.8. The molecule has 1 amide bonds. The Morgan fingerprint density at radius 2 is 1.97 bits per heavy atom. The van der Waals surface area contributed by atoms with Gasteiger partial charge in [-0.2, -0.15) is 5.10 Å². The Kier molecular flexibility index (Phi) is 5.73. The summed E-state index contributed by atoms with van der Waals surface area (Å²) < 4.78 is 33.1. The van der Waals surface area contributed by atoms with E-state index < -0.39 is 0 Å². The molecule has 1 aliphatic rings. The summed E-state index contributed by atoms with van der Waals surface area (Å²) in [5.74, 6) is 0.430. The second-order valence-electron chi connectivity index (χ2n) is 8.21. The first kappa shape index (κ1) is 21.1. The number of hydrogen-bond acceptors (Lipinski definition) is 4. The Morgan fingerprint density at radius 1 is 1.15 bits per heavy atom. The molecule has 33 heavy (non-hydrogen) atoms. The van der Waals surface area contributed by atoms with E-state index in [2.05, 4.69) is 15.2 Å². The monoisotopic (exact) mass is 448 g/mol. The molecule has 1 atom stereocenters. The molecule has 0 aliphatic carbocycles. The number of piperidine rings is 1. The fourth-order valence-electron chi connectivity index (χ4n) is 4.17. The van der Waals surface area contributed by atoms with E-state index in [1.54, 1.807) is 47.5 Å². The third-order valence-electron chi connectivity index (χ3n) is 5.88. The lowest BCUT2D eigenvalue weighted by atomic mass is 9.97. The predicted octanol–water partition coefficient (Wildman–Crippen LogP) is 4.95. The molecule has 0 unspecified atom stereocenters. The molecule has 1 saturated heterocycles. The molecular formula is C25H22F2N4O2. The Labute approximate surface area is 189 Å². The van der Waals surface area contributed by atoms with Gasteiger partial charge in [0.1, 0.15) is 23.1 Å². The lowest BCUT2D eigenvalue weighted by molar-refractivity contribution is 0.0692. The molecule has 1 N–H and O–H groups in total. The normalized spacial score (nSPS) is 16.2. The van der Waals surface area contributed by atoms with Crippen molar-refractivity contribution in [3.05, 3.63) is 95.3 Å². The zero-order chi connectivity index (χ0) is 22.8. The van der Waals surface area contributed by atoms with Gasteiger partial charge in [-0.1, -0.05) is 24.3 Å². The van der Waals surface area contributed by atoms with E-state index in [1.807, 2.05) is 0 Å². The van der Waals surface area contributed by atoms with E-state index in [1.165, 1.54) is 18.2 Å². The van der Waals surface area contributed by atoms with Crippen molar-refractivity contribution in [2.75, 3.05) is 13.1 Å². The maximum absolute atomic E-state index is 14.1. The van der Waals surface area contributed by atoms with Gasteiger partial charge in [-0.3, -0.25) is 9.89 Å². The van der Waals surface area contributed by atoms with Crippen molar-refractivity contribution in [3.63, 3.8) is 0 Å². The number of halogens is 2. The SMILES string of the molecule is O=C(c1cc(-c2ccccc2F)n[nH]1)N1CCC[C@H](c2ncc(Cc3ccc(F)cc3)o2)C1. The fourth-order valence-corrected chi connectivity index (χ4v) is 4.17. The third-order valence-corrected chi connectivity index (χ3v) is 5.88. The zero-order valence-corrected chi connectivity index (χ0v) is 17.8. The van der Waals surface area contributed by atoms with Gasteiger partial charge in [0.05, 0.1) is 17.8 Å². The number of rotatable bonds is 5. The quantitative estimate of drug-likeness (QED) is 0.469. The molecule has 8 heteroatoms. The second kappa shape index (κ2) is 8.97. The summed E-state index contributed by atoms with van der Waals surface area (Å²) >= 11 is 0. The van der Waals surface area contributed by atoms with Crippen LogP contribution in [0.2, 0.25) is 0 Å². The molecule has 0 bridgehead atoms. The van der Waals surface area contributed by atoms with Gasteiger partial charge in [0.2, 0.25) is 0 Å². The molecule has 1 fully saturated rings. The first-order valence-electron chi connectivity index (χ1n) is 10.9. The van der Waals surface area contributed by atoms with E-state index in [4.69, 9.17) is 4.42 Å². The van der Waals surface area contributed by atoms with Crippen LogP contribution in [0.4, 0.5) is 8.78 Å². The van der Waals surface area contributed by atoms with E-state index in [0.717, 1.165) is 18.4 Å². The topological polar surface area (TPSA) is 75.0 Å². The highest BCUT2D eigenvalue weighted by Gasteiger charge is 2.29.